The van der Waals surface area contributed by atoms with Gasteiger partial charge in [0, 0.05) is 150 Å². The van der Waals surface area contributed by atoms with Gasteiger partial charge < -0.3 is 114 Å². The predicted molar refractivity (Wildman–Crippen MR) is 385 cm³/mol. The normalized spacial score (nSPS) is 28.9. The standard InChI is InChI=1S/C39H43N3O14.C31H33NO13.C8H12N2O2/c1-5-25(44)41-17-19(43)8-7-11-40-38(49)39(50)15-21-28(34(48)30-29(32(21)46)31(45)20-9-6-10-23(51-3)27(20)33(30)47)24(16-39)55-26-14-22-35(18(2)54-26)56-36-37(52-4)53-13-12-42(22)36;1-12-27-15(32-7-8-42-29(41-3)28(32)45-27)9-18(43-12)44-17-11-31(39,30(37)38)10-14-20(17)26(36)22-21(24(14)34)23(33)13-5-4-6-16(40-2)19(13)25(22)35;1-2-7(11)3-4-8(12)10-6-5-9/h1,6,9-10,18,22,24,26,35-37,46,48,50H,7-8,11-17H2,2-4H3,(H,40,49)(H,41,44);4-6,12,15,17-18,27-29,34,36,39H,7-11H2,1-3H3,(H,37,38);1H,3-6,9H2,(H,10,12)/t18-,22-,24-,26-,35+,36+,37-,39?;12-,15-,17-,18-,27+,28+,29-,31?;/m00./s1. The van der Waals surface area contributed by atoms with Crippen LogP contribution in [-0.4, -0.2) is 270 Å². The molecular weight excluding hydrogens is 1480 g/mol. The van der Waals surface area contributed by atoms with E-state index in [-0.39, 0.29) is 149 Å². The molecule has 14 rings (SSSR count). The van der Waals surface area contributed by atoms with Gasteiger partial charge in [-0.05, 0) is 44.2 Å². The molecule has 12 N–H and O–H groups in total. The van der Waals surface area contributed by atoms with E-state index in [2.05, 4.69) is 25.8 Å². The summed E-state index contributed by atoms with van der Waals surface area (Å²) < 4.78 is 70.9. The van der Waals surface area contributed by atoms with E-state index in [0.717, 1.165) is 0 Å². The third-order valence-corrected chi connectivity index (χ3v) is 21.9. The summed E-state index contributed by atoms with van der Waals surface area (Å²) in [5, 5.41) is 87.7. The highest BCUT2D eigenvalue weighted by Gasteiger charge is 2.58. The lowest BCUT2D eigenvalue weighted by molar-refractivity contribution is -0.256. The van der Waals surface area contributed by atoms with Crippen molar-refractivity contribution in [3.63, 3.8) is 0 Å². The third-order valence-electron chi connectivity index (χ3n) is 21.9. The number of rotatable bonds is 21. The van der Waals surface area contributed by atoms with Crippen LogP contribution in [0.1, 0.15) is 163 Å². The fourth-order valence-electron chi connectivity index (χ4n) is 16.6. The lowest BCUT2D eigenvalue weighted by Crippen LogP contribution is -2.55. The van der Waals surface area contributed by atoms with Crippen molar-refractivity contribution >= 4 is 58.4 Å². The number of methoxy groups -OCH3 is 4. The molecule has 10 aliphatic rings. The minimum Gasteiger partial charge on any atom is -0.507 e. The Balaban J connectivity index is 0.000000186. The molecule has 4 aromatic carbocycles. The maximum atomic E-state index is 14.1. The first-order valence-electron chi connectivity index (χ1n) is 36.7. The van der Waals surface area contributed by atoms with Gasteiger partial charge in [-0.1, -0.05) is 24.3 Å². The number of amides is 3. The zero-order valence-corrected chi connectivity index (χ0v) is 62.5. The summed E-state index contributed by atoms with van der Waals surface area (Å²) in [6, 6.07) is 8.42. The number of nitrogens with two attached hydrogens (primary N) is 1. The number of ether oxygens (including phenoxy) is 12. The summed E-state index contributed by atoms with van der Waals surface area (Å²) in [6.45, 7) is 6.06. The van der Waals surface area contributed by atoms with Crippen LogP contribution in [0.4, 0.5) is 0 Å². The van der Waals surface area contributed by atoms with Gasteiger partial charge >= 0.3 is 5.97 Å². The number of terminal acetylenes is 2. The molecule has 35 heteroatoms. The van der Waals surface area contributed by atoms with Gasteiger partial charge in [0.05, 0.1) is 91.8 Å². The Bertz CT molecular complexity index is 4570. The number of carboxylic acid groups (broad SMARTS) is 1. The molecule has 35 nitrogen and oxygen atoms in total. The van der Waals surface area contributed by atoms with Crippen LogP contribution in [-0.2, 0) is 89.0 Å². The van der Waals surface area contributed by atoms with Crippen LogP contribution < -0.4 is 31.2 Å². The first-order chi connectivity index (χ1) is 54.0. The molecule has 0 aromatic heterocycles. The number of morpholine rings is 2. The molecule has 0 saturated carbocycles. The number of carbonyl (C=O) groups is 10. The summed E-state index contributed by atoms with van der Waals surface area (Å²) in [4.78, 5) is 131. The SMILES string of the molecule is C#CC(=O)CCC(=O)NCCN.C#CC(=O)NCC(=O)CCCNC(=O)C1(O)Cc2c(O)c3c(c(O)c2[C@@H](O[C@H]2C[C@H]4[C@H](O[C@@H]5[C@@H](OC)OCCN54)[C@H](C)O2)C1)C(=O)c1c(OC)cccc1C3=O.COc1cccc2c1C(=O)c1c(O)c3c(c(O)c1C2=O)CC(O)(C(=O)O)C[C@@H]3O[C@H]1C[C@H]2[C@H](O[C@@H]3[C@@H](OC)OCCN32)[C@H](C)O1. The van der Waals surface area contributed by atoms with Gasteiger partial charge in [0.15, 0.2) is 60.6 Å². The number of phenolic OH excluding ortho intramolecular Hbond substituents is 4. The maximum absolute atomic E-state index is 14.1. The van der Waals surface area contributed by atoms with Crippen LogP contribution in [0.25, 0.3) is 0 Å². The molecule has 0 radical (unpaired) electrons. The molecule has 604 valence electrons. The number of carboxylic acids is 1. The van der Waals surface area contributed by atoms with Crippen molar-refractivity contribution < 1.29 is 141 Å². The molecule has 113 heavy (non-hydrogen) atoms. The van der Waals surface area contributed by atoms with Gasteiger partial charge in [-0.2, -0.15) is 0 Å². The fourth-order valence-corrected chi connectivity index (χ4v) is 16.6. The van der Waals surface area contributed by atoms with Crippen molar-refractivity contribution in [2.24, 2.45) is 5.73 Å². The smallest absolute Gasteiger partial charge is 0.336 e. The second-order valence-corrected chi connectivity index (χ2v) is 28.6. The number of benzene rings is 4. The molecule has 6 heterocycles. The molecule has 6 fully saturated rings. The number of aliphatic carboxylic acids is 1. The molecule has 16 atom stereocenters. The lowest BCUT2D eigenvalue weighted by atomic mass is 9.72. The van der Waals surface area contributed by atoms with Gasteiger partial charge in [0.1, 0.15) is 52.3 Å². The van der Waals surface area contributed by atoms with Crippen molar-refractivity contribution in [2.45, 2.75) is 176 Å². The minimum atomic E-state index is -2.43. The minimum absolute atomic E-state index is 0.0144. The largest absolute Gasteiger partial charge is 0.507 e. The summed E-state index contributed by atoms with van der Waals surface area (Å²) in [7, 11) is 5.73. The summed E-state index contributed by atoms with van der Waals surface area (Å²) >= 11 is 0. The third kappa shape index (κ3) is 15.7. The number of Topliss-reactive ketones (excluding diaryl/α,β-unsaturated/α-hetero) is 2. The molecular formula is C78H88N6O29. The first kappa shape index (κ1) is 82.6. The quantitative estimate of drug-likeness (QED) is 0.0204. The number of carbonyl (C=O) groups excluding carboxylic acids is 9. The average molecular weight is 1570 g/mol. The van der Waals surface area contributed by atoms with Crippen LogP contribution in [0.2, 0.25) is 0 Å². The van der Waals surface area contributed by atoms with Crippen molar-refractivity contribution in [3.8, 4) is 59.2 Å². The highest BCUT2D eigenvalue weighted by atomic mass is 16.7. The molecule has 4 aromatic rings. The molecule has 2 unspecified atom stereocenters. The van der Waals surface area contributed by atoms with Crippen LogP contribution in [0, 0.1) is 24.7 Å². The number of nitrogens with zero attached hydrogens (tertiary/aromatic N) is 2. The Labute approximate surface area is 646 Å². The van der Waals surface area contributed by atoms with E-state index in [0.29, 0.717) is 39.4 Å². The maximum Gasteiger partial charge on any atom is 0.336 e. The zero-order chi connectivity index (χ0) is 81.4. The molecule has 0 bridgehead atoms. The highest BCUT2D eigenvalue weighted by molar-refractivity contribution is 6.32. The Kier molecular flexibility index (Phi) is 24.9. The van der Waals surface area contributed by atoms with Crippen molar-refractivity contribution in [2.75, 3.05) is 80.9 Å². The molecule has 6 aliphatic heterocycles. The number of hydrogen-bond acceptors (Lipinski definition) is 31. The van der Waals surface area contributed by atoms with E-state index < -0.39 is 185 Å². The van der Waals surface area contributed by atoms with E-state index in [1.54, 1.807) is 0 Å². The highest BCUT2D eigenvalue weighted by Crippen LogP contribution is 2.56. The number of nitrogens with one attached hydrogen (secondary N) is 3. The van der Waals surface area contributed by atoms with Crippen molar-refractivity contribution in [1.82, 2.24) is 25.8 Å². The second-order valence-electron chi connectivity index (χ2n) is 28.6. The molecule has 0 spiro atoms. The van der Waals surface area contributed by atoms with Gasteiger partial charge in [-0.15, -0.1) is 12.8 Å². The first-order valence-corrected chi connectivity index (χ1v) is 36.7. The van der Waals surface area contributed by atoms with Gasteiger partial charge in [-0.3, -0.25) is 53.0 Å². The van der Waals surface area contributed by atoms with E-state index >= 15 is 0 Å². The molecule has 4 aliphatic carbocycles. The molecule has 6 saturated heterocycles. The summed E-state index contributed by atoms with van der Waals surface area (Å²) in [5.41, 5.74) is -2.25. The molecule has 3 amide bonds. The number of aromatic hydroxyl groups is 4. The van der Waals surface area contributed by atoms with Crippen LogP contribution in [0.3, 0.4) is 0 Å². The van der Waals surface area contributed by atoms with E-state index in [9.17, 15) is 83.7 Å². The Morgan fingerprint density at radius 2 is 1.06 bits per heavy atom. The monoisotopic (exact) mass is 1570 g/mol. The van der Waals surface area contributed by atoms with Crippen LogP contribution >= 0.6 is 0 Å². The van der Waals surface area contributed by atoms with E-state index in [4.69, 9.17) is 75.4 Å². The van der Waals surface area contributed by atoms with Crippen LogP contribution in [0.15, 0.2) is 36.4 Å². The zero-order valence-electron chi connectivity index (χ0n) is 62.5. The number of ketones is 6. The number of hydrogen-bond donors (Lipinski definition) is 11. The van der Waals surface area contributed by atoms with Crippen LogP contribution in [0.5, 0.6) is 34.5 Å². The number of aliphatic hydroxyl groups is 2. The topological polar surface area (TPSA) is 492 Å². The second kappa shape index (κ2) is 34.0. The summed E-state index contributed by atoms with van der Waals surface area (Å²) in [6.07, 6.45) is -0.00714. The summed E-state index contributed by atoms with van der Waals surface area (Å²) in [5.74, 6) is -5.83. The Hall–Kier alpha value is -9.90. The van der Waals surface area contributed by atoms with E-state index in [1.165, 1.54) is 64.8 Å². The number of phenols is 4. The van der Waals surface area contributed by atoms with E-state index in [1.807, 2.05) is 25.7 Å². The van der Waals surface area contributed by atoms with Gasteiger partial charge in [-0.25, -0.2) is 4.79 Å². The number of fused-ring (bicyclic) bond motifs is 12. The van der Waals surface area contributed by atoms with Crippen molar-refractivity contribution in [1.29, 1.82) is 0 Å². The lowest BCUT2D eigenvalue weighted by Gasteiger charge is -2.43. The fraction of sp³-hybridized carbons (Fsp3) is 0.513. The average Bonchev–Trinajstić information content (AvgIpc) is 1.61. The predicted octanol–water partition coefficient (Wildman–Crippen LogP) is 0.643. The van der Waals surface area contributed by atoms with Gasteiger partial charge in [0.25, 0.3) is 11.8 Å². The van der Waals surface area contributed by atoms with Gasteiger partial charge in [0.2, 0.25) is 23.3 Å². The Morgan fingerprint density at radius 1 is 0.593 bits per heavy atom. The van der Waals surface area contributed by atoms with Crippen molar-refractivity contribution in [3.05, 3.63) is 103 Å². The Morgan fingerprint density at radius 3 is 1.50 bits per heavy atom.